The molecule has 0 spiro atoms. The van der Waals surface area contributed by atoms with Crippen LogP contribution in [0.5, 0.6) is 0 Å². The Kier molecular flexibility index (Phi) is 4.40. The Morgan fingerprint density at radius 3 is 2.12 bits per heavy atom. The molecule has 24 heavy (non-hydrogen) atoms. The summed E-state index contributed by atoms with van der Waals surface area (Å²) in [7, 11) is 0. The summed E-state index contributed by atoms with van der Waals surface area (Å²) < 4.78 is 0. The second kappa shape index (κ2) is 6.49. The van der Waals surface area contributed by atoms with Crippen molar-refractivity contribution in [1.29, 1.82) is 0 Å². The zero-order valence-corrected chi connectivity index (χ0v) is 13.2. The van der Waals surface area contributed by atoms with E-state index < -0.39 is 17.9 Å². The molecule has 3 rings (SSSR count). The summed E-state index contributed by atoms with van der Waals surface area (Å²) in [5.74, 6) is -0.847. The minimum Gasteiger partial charge on any atom is -0.302 e. The molecule has 6 heteroatoms. The van der Waals surface area contributed by atoms with Gasteiger partial charge in [0.2, 0.25) is 0 Å². The van der Waals surface area contributed by atoms with E-state index in [-0.39, 0.29) is 0 Å². The van der Waals surface area contributed by atoms with Gasteiger partial charge in [-0.05, 0) is 36.1 Å². The average Bonchev–Trinajstić information content (AvgIpc) is 3.07. The molecule has 1 atom stereocenters. The van der Waals surface area contributed by atoms with Gasteiger partial charge in [-0.15, -0.1) is 6.58 Å². The molecule has 0 fully saturated rings. The molecule has 1 unspecified atom stereocenters. The third kappa shape index (κ3) is 2.59. The van der Waals surface area contributed by atoms with Crippen LogP contribution in [0.15, 0.2) is 24.8 Å². The van der Waals surface area contributed by atoms with Gasteiger partial charge >= 0.3 is 0 Å². The quantitative estimate of drug-likeness (QED) is 0.429. The van der Waals surface area contributed by atoms with E-state index in [0.717, 1.165) is 22.3 Å². The maximum atomic E-state index is 12.6. The molecule has 6 nitrogen and oxygen atoms in total. The molecule has 0 N–H and O–H groups in total. The highest BCUT2D eigenvalue weighted by Crippen LogP contribution is 2.32. The van der Waals surface area contributed by atoms with Gasteiger partial charge in [0.25, 0.3) is 11.8 Å². The Hall–Kier alpha value is -2.60. The average molecular weight is 326 g/mol. The highest BCUT2D eigenvalue weighted by atomic mass is 16.2. The van der Waals surface area contributed by atoms with Gasteiger partial charge in [-0.1, -0.05) is 6.08 Å². The van der Waals surface area contributed by atoms with E-state index in [9.17, 15) is 19.2 Å². The molecular formula is C18H18N2O4. The molecule has 2 aliphatic rings. The number of fused-ring (bicyclic) bond motifs is 2. The first-order valence-electron chi connectivity index (χ1n) is 7.86. The lowest BCUT2D eigenvalue weighted by atomic mass is 10.0. The second-order valence-corrected chi connectivity index (χ2v) is 6.05. The van der Waals surface area contributed by atoms with E-state index in [0.29, 0.717) is 49.9 Å². The summed E-state index contributed by atoms with van der Waals surface area (Å²) in [5, 5.41) is 0. The molecule has 2 aliphatic heterocycles. The van der Waals surface area contributed by atoms with Crippen LogP contribution >= 0.6 is 0 Å². The summed E-state index contributed by atoms with van der Waals surface area (Å²) in [4.78, 5) is 50.2. The van der Waals surface area contributed by atoms with E-state index in [1.807, 2.05) is 4.90 Å². The summed E-state index contributed by atoms with van der Waals surface area (Å²) in [6.45, 7) is 5.08. The van der Waals surface area contributed by atoms with Gasteiger partial charge in [-0.3, -0.25) is 19.4 Å². The number of hydrogen-bond acceptors (Lipinski definition) is 5. The normalized spacial score (nSPS) is 17.6. The van der Waals surface area contributed by atoms with Crippen LogP contribution in [-0.2, 0) is 22.7 Å². The third-order valence-electron chi connectivity index (χ3n) is 4.51. The molecule has 1 aromatic carbocycles. The molecule has 0 saturated carbocycles. The number of benzene rings is 1. The van der Waals surface area contributed by atoms with Gasteiger partial charge in [0.15, 0.2) is 0 Å². The van der Waals surface area contributed by atoms with Crippen molar-refractivity contribution in [2.75, 3.05) is 6.54 Å². The summed E-state index contributed by atoms with van der Waals surface area (Å²) in [5.41, 5.74) is 2.59. The monoisotopic (exact) mass is 326 g/mol. The molecule has 124 valence electrons. The Morgan fingerprint density at radius 2 is 1.67 bits per heavy atom. The molecule has 0 aromatic heterocycles. The smallest absolute Gasteiger partial charge is 0.262 e. The maximum Gasteiger partial charge on any atom is 0.262 e. The van der Waals surface area contributed by atoms with E-state index in [2.05, 4.69) is 6.58 Å². The first kappa shape index (κ1) is 16.3. The Labute approximate surface area is 139 Å². The van der Waals surface area contributed by atoms with E-state index in [1.54, 1.807) is 18.2 Å². The van der Waals surface area contributed by atoms with Gasteiger partial charge < -0.3 is 9.59 Å². The first-order valence-corrected chi connectivity index (χ1v) is 7.86. The number of amides is 2. The number of nitrogens with zero attached hydrogens (tertiary/aromatic N) is 2. The van der Waals surface area contributed by atoms with Crippen molar-refractivity contribution in [2.45, 2.75) is 32.0 Å². The number of hydrogen-bond donors (Lipinski definition) is 0. The van der Waals surface area contributed by atoms with Crippen LogP contribution < -0.4 is 0 Å². The number of imide groups is 1. The second-order valence-electron chi connectivity index (χ2n) is 6.05. The van der Waals surface area contributed by atoms with Crippen molar-refractivity contribution in [3.05, 3.63) is 47.0 Å². The molecule has 1 aromatic rings. The van der Waals surface area contributed by atoms with Crippen LogP contribution in [0, 0.1) is 0 Å². The largest absolute Gasteiger partial charge is 0.302 e. The van der Waals surface area contributed by atoms with Gasteiger partial charge in [0.1, 0.15) is 12.6 Å². The highest BCUT2D eigenvalue weighted by Gasteiger charge is 2.41. The van der Waals surface area contributed by atoms with Crippen molar-refractivity contribution in [1.82, 2.24) is 9.80 Å². The number of carbonyl (C=O) groups excluding carboxylic acids is 4. The molecular weight excluding hydrogens is 308 g/mol. The zero-order valence-electron chi connectivity index (χ0n) is 13.2. The topological polar surface area (TPSA) is 74.8 Å². The van der Waals surface area contributed by atoms with E-state index in [4.69, 9.17) is 0 Å². The van der Waals surface area contributed by atoms with Gasteiger partial charge in [0, 0.05) is 13.1 Å². The minimum atomic E-state index is -0.767. The van der Waals surface area contributed by atoms with Crippen LogP contribution in [-0.4, -0.2) is 46.8 Å². The van der Waals surface area contributed by atoms with E-state index in [1.165, 1.54) is 0 Å². The summed E-state index contributed by atoms with van der Waals surface area (Å²) >= 11 is 0. The number of aldehydes is 2. The SMILES string of the molecule is C=CCCC(C=O)N1C(=O)c2cc3c(cc2C1=O)CN(CC=O)C3. The predicted octanol–water partition coefficient (Wildman–Crippen LogP) is 1.33. The summed E-state index contributed by atoms with van der Waals surface area (Å²) in [6, 6.07) is 2.69. The third-order valence-corrected chi connectivity index (χ3v) is 4.51. The van der Waals surface area contributed by atoms with Crippen LogP contribution in [0.3, 0.4) is 0 Å². The van der Waals surface area contributed by atoms with Crippen molar-refractivity contribution in [3.8, 4) is 0 Å². The summed E-state index contributed by atoms with van der Waals surface area (Å²) in [6.07, 6.45) is 4.07. The minimum absolute atomic E-state index is 0.322. The lowest BCUT2D eigenvalue weighted by Crippen LogP contribution is -2.40. The molecule has 2 heterocycles. The number of allylic oxidation sites excluding steroid dienone is 1. The van der Waals surface area contributed by atoms with Crippen LogP contribution in [0.1, 0.15) is 44.7 Å². The fraction of sp³-hybridized carbons (Fsp3) is 0.333. The lowest BCUT2D eigenvalue weighted by Gasteiger charge is -2.20. The highest BCUT2D eigenvalue weighted by molar-refractivity contribution is 6.22. The maximum absolute atomic E-state index is 12.6. The van der Waals surface area contributed by atoms with Gasteiger partial charge in [0.05, 0.1) is 23.7 Å². The number of carbonyl (C=O) groups is 4. The predicted molar refractivity (Wildman–Crippen MR) is 86.4 cm³/mol. The number of rotatable bonds is 7. The molecule has 2 amide bonds. The Balaban J connectivity index is 1.90. The fourth-order valence-corrected chi connectivity index (χ4v) is 3.31. The van der Waals surface area contributed by atoms with Crippen LogP contribution in [0.4, 0.5) is 0 Å². The fourth-order valence-electron chi connectivity index (χ4n) is 3.31. The molecule has 0 radical (unpaired) electrons. The van der Waals surface area contributed by atoms with Gasteiger partial charge in [-0.25, -0.2) is 0 Å². The van der Waals surface area contributed by atoms with Crippen molar-refractivity contribution >= 4 is 24.4 Å². The Morgan fingerprint density at radius 1 is 1.08 bits per heavy atom. The van der Waals surface area contributed by atoms with Crippen molar-refractivity contribution < 1.29 is 19.2 Å². The molecule has 0 saturated heterocycles. The van der Waals surface area contributed by atoms with E-state index >= 15 is 0 Å². The lowest BCUT2D eigenvalue weighted by molar-refractivity contribution is -0.111. The molecule has 0 aliphatic carbocycles. The Bertz CT molecular complexity index is 696. The zero-order chi connectivity index (χ0) is 17.3. The molecule has 0 bridgehead atoms. The van der Waals surface area contributed by atoms with Crippen LogP contribution in [0.2, 0.25) is 0 Å². The van der Waals surface area contributed by atoms with Crippen LogP contribution in [0.25, 0.3) is 0 Å². The standard InChI is InChI=1S/C18H18N2O4/c1-2-3-4-14(11-22)20-17(23)15-7-12-9-19(5-6-21)10-13(12)8-16(15)18(20)24/h2,6-8,11,14H,1,3-5,9-10H2. The van der Waals surface area contributed by atoms with Gasteiger partial charge in [-0.2, -0.15) is 0 Å². The first-order chi connectivity index (χ1) is 11.6. The van der Waals surface area contributed by atoms with Crippen molar-refractivity contribution in [3.63, 3.8) is 0 Å². The van der Waals surface area contributed by atoms with Crippen molar-refractivity contribution in [2.24, 2.45) is 0 Å².